The van der Waals surface area contributed by atoms with Gasteiger partial charge in [0.1, 0.15) is 6.54 Å². The Morgan fingerprint density at radius 1 is 1.69 bits per heavy atom. The average molecular weight is 284 g/mol. The van der Waals surface area contributed by atoms with Crippen LogP contribution in [0.3, 0.4) is 0 Å². The third kappa shape index (κ3) is 3.20. The molecule has 2 rings (SSSR count). The van der Waals surface area contributed by atoms with Crippen LogP contribution in [0.2, 0.25) is 0 Å². The van der Waals surface area contributed by atoms with E-state index in [2.05, 4.69) is 38.5 Å². The summed E-state index contributed by atoms with van der Waals surface area (Å²) in [5, 5.41) is 7.01. The summed E-state index contributed by atoms with van der Waals surface area (Å²) in [6, 6.07) is 0.195. The number of hydrogen-bond donors (Lipinski definition) is 1. The zero-order valence-corrected chi connectivity index (χ0v) is 10.5. The van der Waals surface area contributed by atoms with Crippen molar-refractivity contribution in [2.24, 2.45) is 0 Å². The van der Waals surface area contributed by atoms with Crippen LogP contribution in [-0.2, 0) is 11.3 Å². The van der Waals surface area contributed by atoms with Crippen LogP contribution in [-0.4, -0.2) is 21.7 Å². The van der Waals surface area contributed by atoms with Crippen LogP contribution in [0.1, 0.15) is 19.3 Å². The maximum atomic E-state index is 11.7. The van der Waals surface area contributed by atoms with Crippen LogP contribution in [0.15, 0.2) is 29.0 Å². The molecule has 16 heavy (non-hydrogen) atoms. The highest BCUT2D eigenvalue weighted by molar-refractivity contribution is 9.10. The Bertz CT molecular complexity index is 400. The van der Waals surface area contributed by atoms with Crippen molar-refractivity contribution < 1.29 is 4.79 Å². The summed E-state index contributed by atoms with van der Waals surface area (Å²) in [6.45, 7) is 0.274. The normalized spacial score (nSPS) is 19.7. The van der Waals surface area contributed by atoms with E-state index in [-0.39, 0.29) is 18.5 Å². The SMILES string of the molecule is O=C(Cn1cc(Br)cn1)NC1C=CCCC1. The fourth-order valence-corrected chi connectivity index (χ4v) is 2.08. The standard InChI is InChI=1S/C11H14BrN3O/c12-9-6-13-15(7-9)8-11(16)14-10-4-2-1-3-5-10/h2,4,6-7,10H,1,3,5,8H2,(H,14,16). The molecule has 0 saturated carbocycles. The fourth-order valence-electron chi connectivity index (χ4n) is 1.76. The average Bonchev–Trinajstić information content (AvgIpc) is 2.65. The molecule has 5 heteroatoms. The van der Waals surface area contributed by atoms with Gasteiger partial charge in [0.2, 0.25) is 5.91 Å². The van der Waals surface area contributed by atoms with Crippen molar-refractivity contribution in [1.29, 1.82) is 0 Å². The van der Waals surface area contributed by atoms with Crippen LogP contribution in [0.4, 0.5) is 0 Å². The van der Waals surface area contributed by atoms with Gasteiger partial charge < -0.3 is 5.32 Å². The van der Waals surface area contributed by atoms with Crippen molar-refractivity contribution >= 4 is 21.8 Å². The van der Waals surface area contributed by atoms with Gasteiger partial charge in [-0.15, -0.1) is 0 Å². The number of amides is 1. The number of nitrogens with one attached hydrogen (secondary N) is 1. The number of rotatable bonds is 3. The Morgan fingerprint density at radius 3 is 3.19 bits per heavy atom. The van der Waals surface area contributed by atoms with E-state index in [1.54, 1.807) is 17.1 Å². The maximum Gasteiger partial charge on any atom is 0.242 e. The van der Waals surface area contributed by atoms with Gasteiger partial charge >= 0.3 is 0 Å². The lowest BCUT2D eigenvalue weighted by molar-refractivity contribution is -0.122. The second kappa shape index (κ2) is 5.30. The predicted octanol–water partition coefficient (Wildman–Crippen LogP) is 1.87. The molecule has 1 heterocycles. The van der Waals surface area contributed by atoms with Crippen molar-refractivity contribution in [2.75, 3.05) is 0 Å². The number of allylic oxidation sites excluding steroid dienone is 1. The molecule has 0 aromatic carbocycles. The quantitative estimate of drug-likeness (QED) is 0.861. The Morgan fingerprint density at radius 2 is 2.56 bits per heavy atom. The van der Waals surface area contributed by atoms with Gasteiger partial charge in [0.05, 0.1) is 10.7 Å². The van der Waals surface area contributed by atoms with Gasteiger partial charge in [-0.05, 0) is 35.2 Å². The molecule has 1 aliphatic carbocycles. The molecule has 1 amide bonds. The van der Waals surface area contributed by atoms with Gasteiger partial charge in [-0.2, -0.15) is 5.10 Å². The van der Waals surface area contributed by atoms with E-state index in [1.807, 2.05) is 0 Å². The number of carbonyl (C=O) groups is 1. The number of hydrogen-bond acceptors (Lipinski definition) is 2. The van der Waals surface area contributed by atoms with Crippen molar-refractivity contribution in [1.82, 2.24) is 15.1 Å². The molecular formula is C11H14BrN3O. The van der Waals surface area contributed by atoms with Gasteiger partial charge in [-0.25, -0.2) is 0 Å². The summed E-state index contributed by atoms with van der Waals surface area (Å²) in [7, 11) is 0. The fraction of sp³-hybridized carbons (Fsp3) is 0.455. The molecule has 0 spiro atoms. The first kappa shape index (κ1) is 11.4. The third-order valence-corrected chi connectivity index (χ3v) is 2.92. The molecular weight excluding hydrogens is 270 g/mol. The summed E-state index contributed by atoms with van der Waals surface area (Å²) >= 11 is 3.29. The minimum Gasteiger partial charge on any atom is -0.348 e. The largest absolute Gasteiger partial charge is 0.348 e. The minimum atomic E-state index is 0.00662. The number of halogens is 1. The third-order valence-electron chi connectivity index (χ3n) is 2.51. The lowest BCUT2D eigenvalue weighted by Gasteiger charge is -2.17. The van der Waals surface area contributed by atoms with E-state index in [9.17, 15) is 4.79 Å². The highest BCUT2D eigenvalue weighted by Crippen LogP contribution is 2.10. The van der Waals surface area contributed by atoms with Crippen molar-refractivity contribution in [2.45, 2.75) is 31.8 Å². The minimum absolute atomic E-state index is 0.00662. The lowest BCUT2D eigenvalue weighted by Crippen LogP contribution is -2.36. The van der Waals surface area contributed by atoms with Crippen LogP contribution in [0.5, 0.6) is 0 Å². The summed E-state index contributed by atoms with van der Waals surface area (Å²) < 4.78 is 2.50. The van der Waals surface area contributed by atoms with E-state index in [0.717, 1.165) is 23.7 Å². The maximum absolute atomic E-state index is 11.7. The highest BCUT2D eigenvalue weighted by Gasteiger charge is 2.11. The molecule has 0 radical (unpaired) electrons. The van der Waals surface area contributed by atoms with Crippen molar-refractivity contribution in [3.05, 3.63) is 29.0 Å². The van der Waals surface area contributed by atoms with Crippen LogP contribution >= 0.6 is 15.9 Å². The zero-order chi connectivity index (χ0) is 11.4. The molecule has 86 valence electrons. The van der Waals surface area contributed by atoms with Gasteiger partial charge in [0, 0.05) is 12.2 Å². The molecule has 1 aliphatic rings. The molecule has 1 aromatic rings. The molecule has 0 saturated heterocycles. The van der Waals surface area contributed by atoms with Gasteiger partial charge in [0.15, 0.2) is 0 Å². The first-order valence-electron chi connectivity index (χ1n) is 5.38. The topological polar surface area (TPSA) is 46.9 Å². The van der Waals surface area contributed by atoms with E-state index in [1.165, 1.54) is 0 Å². The Labute approximate surface area is 103 Å². The highest BCUT2D eigenvalue weighted by atomic mass is 79.9. The smallest absolute Gasteiger partial charge is 0.242 e. The monoisotopic (exact) mass is 283 g/mol. The zero-order valence-electron chi connectivity index (χ0n) is 8.90. The van der Waals surface area contributed by atoms with Gasteiger partial charge in [-0.3, -0.25) is 9.48 Å². The molecule has 1 aromatic heterocycles. The summed E-state index contributed by atoms with van der Waals surface area (Å²) in [5.41, 5.74) is 0. The Kier molecular flexibility index (Phi) is 3.77. The summed E-state index contributed by atoms with van der Waals surface area (Å²) in [6.07, 6.45) is 11.0. The van der Waals surface area contributed by atoms with Crippen LogP contribution in [0, 0.1) is 0 Å². The van der Waals surface area contributed by atoms with E-state index in [0.29, 0.717) is 0 Å². The van der Waals surface area contributed by atoms with Crippen molar-refractivity contribution in [3.63, 3.8) is 0 Å². The molecule has 0 fully saturated rings. The number of carbonyl (C=O) groups excluding carboxylic acids is 1. The number of nitrogens with zero attached hydrogens (tertiary/aromatic N) is 2. The molecule has 1 atom stereocenters. The first-order chi connectivity index (χ1) is 7.74. The molecule has 4 nitrogen and oxygen atoms in total. The summed E-state index contributed by atoms with van der Waals surface area (Å²) in [5.74, 6) is 0.00662. The lowest BCUT2D eigenvalue weighted by atomic mass is 10.0. The molecule has 1 unspecified atom stereocenters. The Balaban J connectivity index is 1.84. The predicted molar refractivity (Wildman–Crippen MR) is 64.8 cm³/mol. The van der Waals surface area contributed by atoms with Gasteiger partial charge in [-0.1, -0.05) is 12.2 Å². The second-order valence-electron chi connectivity index (χ2n) is 3.89. The van der Waals surface area contributed by atoms with E-state index < -0.39 is 0 Å². The first-order valence-corrected chi connectivity index (χ1v) is 6.17. The Hall–Kier alpha value is -1.10. The van der Waals surface area contributed by atoms with Crippen LogP contribution in [0.25, 0.3) is 0 Å². The van der Waals surface area contributed by atoms with Crippen molar-refractivity contribution in [3.8, 4) is 0 Å². The summed E-state index contributed by atoms with van der Waals surface area (Å²) in [4.78, 5) is 11.7. The molecule has 0 aliphatic heterocycles. The van der Waals surface area contributed by atoms with Crippen LogP contribution < -0.4 is 5.32 Å². The van der Waals surface area contributed by atoms with Gasteiger partial charge in [0.25, 0.3) is 0 Å². The molecule has 0 bridgehead atoms. The number of aromatic nitrogens is 2. The molecule has 1 N–H and O–H groups in total. The van der Waals surface area contributed by atoms with E-state index in [4.69, 9.17) is 0 Å². The van der Waals surface area contributed by atoms with E-state index >= 15 is 0 Å². The second-order valence-corrected chi connectivity index (χ2v) is 4.80.